The topological polar surface area (TPSA) is 157 Å². The normalized spacial score (nSPS) is 11.9. The van der Waals surface area contributed by atoms with Crippen LogP contribution in [0.4, 0.5) is 14.4 Å². The van der Waals surface area contributed by atoms with Gasteiger partial charge >= 0.3 is 18.3 Å². The summed E-state index contributed by atoms with van der Waals surface area (Å²) >= 11 is 1.61. The van der Waals surface area contributed by atoms with Gasteiger partial charge in [0.15, 0.2) is 0 Å². The second-order valence-corrected chi connectivity index (χ2v) is 12.1. The van der Waals surface area contributed by atoms with Crippen molar-refractivity contribution >= 4 is 35.9 Å². The van der Waals surface area contributed by atoms with Crippen molar-refractivity contribution in [3.05, 3.63) is 0 Å². The van der Waals surface area contributed by atoms with E-state index < -0.39 is 29.9 Å². The predicted octanol–water partition coefficient (Wildman–Crippen LogP) is 5.68. The Bertz CT molecular complexity index is 697. The SMILES string of the molecule is CCCCCCCCCCCCSC[C@H](NC(=O)OC(C)(C)C)C(=O)N(CCCNC(=O)O)CCCNC(=O)O. The highest BCUT2D eigenvalue weighted by molar-refractivity contribution is 7.99. The fraction of sp³-hybridized carbons (Fsp3) is 0.857. The number of alkyl carbamates (subject to hydrolysis) is 1. The molecule has 12 heteroatoms. The first-order valence-electron chi connectivity index (χ1n) is 14.8. The number of nitrogens with one attached hydrogen (secondary N) is 3. The van der Waals surface area contributed by atoms with Crippen LogP contribution >= 0.6 is 11.8 Å². The summed E-state index contributed by atoms with van der Waals surface area (Å²) in [4.78, 5) is 49.1. The molecule has 0 aliphatic heterocycles. The number of rotatable bonds is 23. The molecule has 5 N–H and O–H groups in total. The largest absolute Gasteiger partial charge is 0.465 e. The lowest BCUT2D eigenvalue weighted by Gasteiger charge is -2.29. The Hall–Kier alpha value is -2.37. The molecule has 0 radical (unpaired) electrons. The number of carbonyl (C=O) groups is 4. The Labute approximate surface area is 244 Å². The fourth-order valence-electron chi connectivity index (χ4n) is 4.00. The second kappa shape index (κ2) is 23.3. The van der Waals surface area contributed by atoms with Gasteiger partial charge < -0.3 is 35.8 Å². The van der Waals surface area contributed by atoms with Crippen LogP contribution < -0.4 is 16.0 Å². The van der Waals surface area contributed by atoms with Gasteiger partial charge in [0, 0.05) is 31.9 Å². The number of thioether (sulfide) groups is 1. The van der Waals surface area contributed by atoms with Crippen LogP contribution in [-0.2, 0) is 9.53 Å². The third kappa shape index (κ3) is 23.5. The molecular weight excluding hydrogens is 536 g/mol. The van der Waals surface area contributed by atoms with Crippen LogP contribution in [0.5, 0.6) is 0 Å². The maximum atomic E-state index is 13.5. The molecule has 0 spiro atoms. The van der Waals surface area contributed by atoms with Gasteiger partial charge in [-0.2, -0.15) is 11.8 Å². The molecule has 1 atom stereocenters. The van der Waals surface area contributed by atoms with E-state index in [0.29, 0.717) is 18.6 Å². The number of carbonyl (C=O) groups excluding carboxylic acids is 2. The van der Waals surface area contributed by atoms with Gasteiger partial charge in [-0.3, -0.25) is 4.79 Å². The summed E-state index contributed by atoms with van der Waals surface area (Å²) in [6.07, 6.45) is 10.3. The average Bonchev–Trinajstić information content (AvgIpc) is 2.85. The summed E-state index contributed by atoms with van der Waals surface area (Å²) in [5.74, 6) is 0.959. The van der Waals surface area contributed by atoms with Gasteiger partial charge in [0.05, 0.1) is 0 Å². The Balaban J connectivity index is 4.91. The van der Waals surface area contributed by atoms with E-state index in [1.807, 2.05) is 0 Å². The van der Waals surface area contributed by atoms with Crippen LogP contribution in [0.1, 0.15) is 105 Å². The minimum Gasteiger partial charge on any atom is -0.465 e. The molecule has 0 aromatic heterocycles. The summed E-state index contributed by atoms with van der Waals surface area (Å²) in [5, 5.41) is 24.9. The van der Waals surface area contributed by atoms with E-state index in [9.17, 15) is 19.2 Å². The monoisotopic (exact) mass is 590 g/mol. The minimum absolute atomic E-state index is 0.171. The molecule has 0 rings (SSSR count). The van der Waals surface area contributed by atoms with Crippen molar-refractivity contribution < 1.29 is 34.1 Å². The Kier molecular flexibility index (Phi) is 22.0. The van der Waals surface area contributed by atoms with Crippen LogP contribution in [0.25, 0.3) is 0 Å². The lowest BCUT2D eigenvalue weighted by Crippen LogP contribution is -2.52. The zero-order valence-corrected chi connectivity index (χ0v) is 25.9. The number of ether oxygens (including phenoxy) is 1. The molecule has 0 aromatic rings. The number of nitrogens with zero attached hydrogens (tertiary/aromatic N) is 1. The van der Waals surface area contributed by atoms with Gasteiger partial charge in [0.1, 0.15) is 11.6 Å². The molecule has 11 nitrogen and oxygen atoms in total. The molecule has 0 unspecified atom stereocenters. The Morgan fingerprint density at radius 2 is 1.25 bits per heavy atom. The minimum atomic E-state index is -1.14. The molecule has 0 aliphatic carbocycles. The van der Waals surface area contributed by atoms with Crippen molar-refractivity contribution in [2.45, 2.75) is 116 Å². The zero-order valence-electron chi connectivity index (χ0n) is 25.1. The van der Waals surface area contributed by atoms with Crippen LogP contribution in [0.3, 0.4) is 0 Å². The van der Waals surface area contributed by atoms with E-state index in [-0.39, 0.29) is 32.1 Å². The second-order valence-electron chi connectivity index (χ2n) is 11.0. The number of hydrogen-bond acceptors (Lipinski definition) is 6. The van der Waals surface area contributed by atoms with Gasteiger partial charge in [-0.15, -0.1) is 0 Å². The van der Waals surface area contributed by atoms with Crippen LogP contribution in [0.2, 0.25) is 0 Å². The van der Waals surface area contributed by atoms with Crippen LogP contribution in [-0.4, -0.2) is 88.6 Å². The number of amides is 4. The highest BCUT2D eigenvalue weighted by atomic mass is 32.2. The molecule has 234 valence electrons. The smallest absolute Gasteiger partial charge is 0.408 e. The molecule has 0 heterocycles. The summed E-state index contributed by atoms with van der Waals surface area (Å²) in [6, 6.07) is -0.817. The average molecular weight is 591 g/mol. The Morgan fingerprint density at radius 3 is 1.70 bits per heavy atom. The summed E-state index contributed by atoms with van der Waals surface area (Å²) in [6.45, 7) is 8.35. The first kappa shape index (κ1) is 37.6. The van der Waals surface area contributed by atoms with Gasteiger partial charge in [0.25, 0.3) is 0 Å². The molecule has 0 saturated carbocycles. The highest BCUT2D eigenvalue weighted by Gasteiger charge is 2.28. The van der Waals surface area contributed by atoms with E-state index in [1.165, 1.54) is 51.4 Å². The summed E-state index contributed by atoms with van der Waals surface area (Å²) in [5.41, 5.74) is -0.717. The van der Waals surface area contributed by atoms with E-state index in [4.69, 9.17) is 14.9 Å². The first-order valence-corrected chi connectivity index (χ1v) is 15.9. The number of hydrogen-bond donors (Lipinski definition) is 5. The van der Waals surface area contributed by atoms with E-state index in [2.05, 4.69) is 22.9 Å². The van der Waals surface area contributed by atoms with Gasteiger partial charge in [0.2, 0.25) is 5.91 Å². The molecule has 0 saturated heterocycles. The van der Waals surface area contributed by atoms with Gasteiger partial charge in [-0.1, -0.05) is 64.7 Å². The van der Waals surface area contributed by atoms with Crippen molar-refractivity contribution in [2.24, 2.45) is 0 Å². The molecular formula is C28H54N4O7S. The van der Waals surface area contributed by atoms with Crippen LogP contribution in [0, 0.1) is 0 Å². The first-order chi connectivity index (χ1) is 19.0. The molecule has 4 amide bonds. The van der Waals surface area contributed by atoms with E-state index >= 15 is 0 Å². The van der Waals surface area contributed by atoms with Crippen molar-refractivity contribution in [1.29, 1.82) is 0 Å². The van der Waals surface area contributed by atoms with Crippen molar-refractivity contribution in [3.63, 3.8) is 0 Å². The van der Waals surface area contributed by atoms with Crippen molar-refractivity contribution in [2.75, 3.05) is 37.7 Å². The lowest BCUT2D eigenvalue weighted by molar-refractivity contribution is -0.133. The predicted molar refractivity (Wildman–Crippen MR) is 160 cm³/mol. The number of unbranched alkanes of at least 4 members (excludes halogenated alkanes) is 9. The molecule has 0 aliphatic rings. The number of carboxylic acid groups (broad SMARTS) is 2. The van der Waals surface area contributed by atoms with Gasteiger partial charge in [-0.25, -0.2) is 14.4 Å². The third-order valence-corrected chi connectivity index (χ3v) is 7.14. The zero-order chi connectivity index (χ0) is 30.2. The van der Waals surface area contributed by atoms with Crippen molar-refractivity contribution in [3.8, 4) is 0 Å². The lowest BCUT2D eigenvalue weighted by atomic mass is 10.1. The summed E-state index contributed by atoms with van der Waals surface area (Å²) in [7, 11) is 0. The van der Waals surface area contributed by atoms with Gasteiger partial charge in [-0.05, 0) is 45.8 Å². The van der Waals surface area contributed by atoms with Crippen LogP contribution in [0.15, 0.2) is 0 Å². The molecule has 0 fully saturated rings. The molecule has 0 aromatic carbocycles. The Morgan fingerprint density at radius 1 is 0.775 bits per heavy atom. The standard InChI is InChI=1S/C28H54N4O7S/c1-5-6-7-8-9-10-11-12-13-14-21-40-22-23(31-27(38)39-28(2,3)4)24(33)32(19-15-17-29-25(34)35)20-16-18-30-26(36)37/h23,29-30H,5-22H2,1-4H3,(H,31,38)(H,34,35)(H,36,37)/t23-/m0/s1. The van der Waals surface area contributed by atoms with E-state index in [0.717, 1.165) is 18.6 Å². The third-order valence-electron chi connectivity index (χ3n) is 5.99. The maximum absolute atomic E-state index is 13.5. The molecule has 40 heavy (non-hydrogen) atoms. The highest BCUT2D eigenvalue weighted by Crippen LogP contribution is 2.15. The molecule has 0 bridgehead atoms. The quantitative estimate of drug-likeness (QED) is 0.0952. The van der Waals surface area contributed by atoms with E-state index in [1.54, 1.807) is 37.4 Å². The van der Waals surface area contributed by atoms with Crippen molar-refractivity contribution in [1.82, 2.24) is 20.9 Å². The fourth-order valence-corrected chi connectivity index (χ4v) is 5.04. The summed E-state index contributed by atoms with van der Waals surface area (Å²) < 4.78 is 5.38. The maximum Gasteiger partial charge on any atom is 0.408 e.